The van der Waals surface area contributed by atoms with Crippen LogP contribution in [0.15, 0.2) is 23.1 Å². The summed E-state index contributed by atoms with van der Waals surface area (Å²) in [6.07, 6.45) is -1.63. The van der Waals surface area contributed by atoms with E-state index in [-0.39, 0.29) is 31.0 Å². The second kappa shape index (κ2) is 7.85. The average Bonchev–Trinajstić information content (AvgIpc) is 3.43. The third kappa shape index (κ3) is 4.27. The third-order valence-electron chi connectivity index (χ3n) is 4.81. The summed E-state index contributed by atoms with van der Waals surface area (Å²) < 4.78 is 49.3. The van der Waals surface area contributed by atoms with Crippen LogP contribution < -0.4 is 15.4 Å². The quantitative estimate of drug-likeness (QED) is 0.572. The van der Waals surface area contributed by atoms with E-state index < -0.39 is 30.0 Å². The summed E-state index contributed by atoms with van der Waals surface area (Å²) in [5.41, 5.74) is 1.37. The van der Waals surface area contributed by atoms with E-state index in [0.717, 1.165) is 0 Å². The van der Waals surface area contributed by atoms with Gasteiger partial charge in [-0.25, -0.2) is 14.1 Å². The SMILES string of the molecule is COc1nonc1C(=O)NCc1cn2ncc(C[C@H]3CC(C(F)(F)F)NC3=O)cc2n1. The van der Waals surface area contributed by atoms with E-state index >= 15 is 0 Å². The molecule has 4 heterocycles. The number of carbonyl (C=O) groups excluding carboxylic acids is 2. The van der Waals surface area contributed by atoms with Gasteiger partial charge in [-0.3, -0.25) is 9.59 Å². The van der Waals surface area contributed by atoms with Crippen LogP contribution in [-0.2, 0) is 17.8 Å². The smallest absolute Gasteiger partial charge is 0.408 e. The van der Waals surface area contributed by atoms with Crippen molar-refractivity contribution in [1.29, 1.82) is 0 Å². The Kier molecular flexibility index (Phi) is 5.20. The first-order valence-electron chi connectivity index (χ1n) is 9.09. The van der Waals surface area contributed by atoms with E-state index in [1.165, 1.54) is 17.8 Å². The molecule has 31 heavy (non-hydrogen) atoms. The molecule has 0 aromatic carbocycles. The molecule has 2 atom stereocenters. The van der Waals surface area contributed by atoms with E-state index in [1.807, 2.05) is 5.32 Å². The van der Waals surface area contributed by atoms with E-state index in [9.17, 15) is 22.8 Å². The Hall–Kier alpha value is -3.71. The number of hydrogen-bond donors (Lipinski definition) is 2. The summed E-state index contributed by atoms with van der Waals surface area (Å²) in [5.74, 6) is -2.06. The summed E-state index contributed by atoms with van der Waals surface area (Å²) in [7, 11) is 1.32. The lowest BCUT2D eigenvalue weighted by molar-refractivity contribution is -0.154. The fourth-order valence-electron chi connectivity index (χ4n) is 3.29. The highest BCUT2D eigenvalue weighted by Crippen LogP contribution is 2.31. The highest BCUT2D eigenvalue weighted by Gasteiger charge is 2.47. The van der Waals surface area contributed by atoms with Gasteiger partial charge < -0.3 is 15.4 Å². The molecular weight excluding hydrogens is 423 g/mol. The molecule has 14 heteroatoms. The molecule has 0 saturated carbocycles. The molecule has 164 valence electrons. The second-order valence-corrected chi connectivity index (χ2v) is 6.94. The third-order valence-corrected chi connectivity index (χ3v) is 4.81. The highest BCUT2D eigenvalue weighted by atomic mass is 19.4. The molecule has 1 saturated heterocycles. The summed E-state index contributed by atoms with van der Waals surface area (Å²) in [4.78, 5) is 28.3. The van der Waals surface area contributed by atoms with Gasteiger partial charge in [0.15, 0.2) is 5.65 Å². The van der Waals surface area contributed by atoms with Crippen molar-refractivity contribution >= 4 is 17.5 Å². The fourth-order valence-corrected chi connectivity index (χ4v) is 3.29. The monoisotopic (exact) mass is 439 g/mol. The summed E-state index contributed by atoms with van der Waals surface area (Å²) in [5, 5.41) is 15.6. The van der Waals surface area contributed by atoms with Crippen LogP contribution in [0.3, 0.4) is 0 Å². The number of hydrogen-bond acceptors (Lipinski definition) is 8. The van der Waals surface area contributed by atoms with Crippen molar-refractivity contribution in [2.75, 3.05) is 7.11 Å². The number of carbonyl (C=O) groups is 2. The molecule has 0 spiro atoms. The van der Waals surface area contributed by atoms with Gasteiger partial charge in [-0.15, -0.1) is 0 Å². The van der Waals surface area contributed by atoms with Crippen molar-refractivity contribution in [2.45, 2.75) is 31.6 Å². The molecule has 1 unspecified atom stereocenters. The minimum atomic E-state index is -4.47. The maximum Gasteiger partial charge on any atom is 0.408 e. The van der Waals surface area contributed by atoms with Gasteiger partial charge in [-0.1, -0.05) is 0 Å². The van der Waals surface area contributed by atoms with Gasteiger partial charge in [0.2, 0.25) is 11.6 Å². The Labute approximate surface area is 171 Å². The van der Waals surface area contributed by atoms with Crippen LogP contribution in [0.5, 0.6) is 5.88 Å². The first kappa shape index (κ1) is 20.6. The molecule has 3 aromatic heterocycles. The first-order valence-corrected chi connectivity index (χ1v) is 9.09. The molecule has 1 aliphatic rings. The number of rotatable bonds is 6. The van der Waals surface area contributed by atoms with Gasteiger partial charge in [-0.05, 0) is 34.8 Å². The maximum atomic E-state index is 12.8. The van der Waals surface area contributed by atoms with Crippen molar-refractivity contribution in [3.63, 3.8) is 0 Å². The van der Waals surface area contributed by atoms with Crippen molar-refractivity contribution in [3.05, 3.63) is 35.4 Å². The van der Waals surface area contributed by atoms with Gasteiger partial charge in [-0.2, -0.15) is 18.3 Å². The molecule has 2 amide bonds. The number of ether oxygens (including phenoxy) is 1. The first-order chi connectivity index (χ1) is 14.7. The highest BCUT2D eigenvalue weighted by molar-refractivity contribution is 5.94. The van der Waals surface area contributed by atoms with Gasteiger partial charge in [0.25, 0.3) is 11.8 Å². The number of fused-ring (bicyclic) bond motifs is 1. The molecule has 1 aliphatic heterocycles. The molecule has 11 nitrogen and oxygen atoms in total. The predicted octanol–water partition coefficient (Wildman–Crippen LogP) is 0.660. The van der Waals surface area contributed by atoms with Crippen LogP contribution >= 0.6 is 0 Å². The van der Waals surface area contributed by atoms with E-state index in [1.54, 1.807) is 12.3 Å². The number of nitrogens with one attached hydrogen (secondary N) is 2. The van der Waals surface area contributed by atoms with Crippen LogP contribution in [0.1, 0.15) is 28.2 Å². The molecular formula is C17H16F3N7O4. The van der Waals surface area contributed by atoms with E-state index in [4.69, 9.17) is 4.74 Å². The largest absolute Gasteiger partial charge is 0.477 e. The second-order valence-electron chi connectivity index (χ2n) is 6.94. The Balaban J connectivity index is 1.41. The van der Waals surface area contributed by atoms with Crippen molar-refractivity contribution < 1.29 is 32.1 Å². The lowest BCUT2D eigenvalue weighted by atomic mass is 9.97. The average molecular weight is 439 g/mol. The van der Waals surface area contributed by atoms with Gasteiger partial charge >= 0.3 is 6.18 Å². The zero-order valence-corrected chi connectivity index (χ0v) is 16.0. The minimum Gasteiger partial charge on any atom is -0.477 e. The lowest BCUT2D eigenvalue weighted by Gasteiger charge is -2.13. The van der Waals surface area contributed by atoms with Crippen molar-refractivity contribution in [1.82, 2.24) is 35.5 Å². The number of nitrogens with zero attached hydrogens (tertiary/aromatic N) is 5. The van der Waals surface area contributed by atoms with E-state index in [0.29, 0.717) is 16.9 Å². The predicted molar refractivity (Wildman–Crippen MR) is 94.8 cm³/mol. The van der Waals surface area contributed by atoms with Gasteiger partial charge in [0.05, 0.1) is 31.7 Å². The Morgan fingerprint density at radius 1 is 1.42 bits per heavy atom. The lowest BCUT2D eigenvalue weighted by Crippen LogP contribution is -2.38. The molecule has 0 radical (unpaired) electrons. The Morgan fingerprint density at radius 2 is 2.23 bits per heavy atom. The zero-order chi connectivity index (χ0) is 22.2. The normalized spacial score (nSPS) is 18.9. The molecule has 0 aliphatic carbocycles. The molecule has 4 rings (SSSR count). The standard InChI is InChI=1S/C17H16F3N7O4/c1-30-16-13(25-31-26-16)15(29)21-6-10-7-27-12(23-10)3-8(5-22-27)2-9-4-11(17(18,19)20)24-14(9)28/h3,5,7,9,11H,2,4,6H2,1H3,(H,21,29)(H,24,28)/t9-,11?/m0/s1. The van der Waals surface area contributed by atoms with Crippen molar-refractivity contribution in [3.8, 4) is 5.88 Å². The topological polar surface area (TPSA) is 137 Å². The number of imidazole rings is 1. The maximum absolute atomic E-state index is 12.8. The number of aromatic nitrogens is 5. The summed E-state index contributed by atoms with van der Waals surface area (Å²) in [6.45, 7) is 0.0475. The van der Waals surface area contributed by atoms with Crippen LogP contribution in [0.25, 0.3) is 5.65 Å². The number of amides is 2. The van der Waals surface area contributed by atoms with Crippen LogP contribution in [0, 0.1) is 5.92 Å². The zero-order valence-electron chi connectivity index (χ0n) is 16.0. The van der Waals surface area contributed by atoms with Crippen LogP contribution in [0.2, 0.25) is 0 Å². The summed E-state index contributed by atoms with van der Waals surface area (Å²) in [6, 6.07) is -0.196. The number of halogens is 3. The van der Waals surface area contributed by atoms with Crippen molar-refractivity contribution in [2.24, 2.45) is 5.92 Å². The van der Waals surface area contributed by atoms with Gasteiger partial charge in [0, 0.05) is 5.92 Å². The fraction of sp³-hybridized carbons (Fsp3) is 0.412. The minimum absolute atomic E-state index is 0.0475. The van der Waals surface area contributed by atoms with Crippen LogP contribution in [0.4, 0.5) is 13.2 Å². The Bertz CT molecular complexity index is 1130. The molecule has 2 N–H and O–H groups in total. The Morgan fingerprint density at radius 3 is 2.94 bits per heavy atom. The molecule has 3 aromatic rings. The van der Waals surface area contributed by atoms with Gasteiger partial charge in [0.1, 0.15) is 6.04 Å². The number of alkyl halides is 3. The van der Waals surface area contributed by atoms with E-state index in [2.05, 4.69) is 30.3 Å². The summed E-state index contributed by atoms with van der Waals surface area (Å²) >= 11 is 0. The van der Waals surface area contributed by atoms with Crippen LogP contribution in [-0.4, -0.2) is 56.1 Å². The molecule has 1 fully saturated rings. The number of methoxy groups -OCH3 is 1. The molecule has 0 bridgehead atoms.